The average Bonchev–Trinajstić information content (AvgIpc) is 2.51. The van der Waals surface area contributed by atoms with Crippen molar-refractivity contribution in [1.29, 1.82) is 0 Å². The van der Waals surface area contributed by atoms with Gasteiger partial charge in [0.2, 0.25) is 0 Å². The van der Waals surface area contributed by atoms with Crippen LogP contribution in [0.1, 0.15) is 20.8 Å². The molecule has 0 fully saturated rings. The summed E-state index contributed by atoms with van der Waals surface area (Å²) in [4.78, 5) is 9.33. The maximum Gasteiger partial charge on any atom is 0.121 e. The molecule has 4 nitrogen and oxygen atoms in total. The van der Waals surface area contributed by atoms with E-state index in [1.165, 1.54) is 0 Å². The number of hydrogen-bond acceptors (Lipinski definition) is 4. The fourth-order valence-corrected chi connectivity index (χ4v) is 2.24. The molecule has 22 heavy (non-hydrogen) atoms. The molecular formula is C18H20N2O2. The standard InChI is InChI=1S/C18H20N2O2/c1-4-21-13-5-7-15-17(9-13)20-18-10-14(22-11-12(2)3)6-8-16(18)19-15/h5-10,12H,4,11H2,1-3H3. The lowest BCUT2D eigenvalue weighted by Crippen LogP contribution is -2.04. The van der Waals surface area contributed by atoms with Crippen molar-refractivity contribution >= 4 is 22.1 Å². The van der Waals surface area contributed by atoms with Gasteiger partial charge in [0, 0.05) is 12.1 Å². The first kappa shape index (κ1) is 14.6. The highest BCUT2D eigenvalue weighted by molar-refractivity contribution is 5.87. The molecule has 0 atom stereocenters. The first-order valence-electron chi connectivity index (χ1n) is 7.63. The Kier molecular flexibility index (Phi) is 4.09. The van der Waals surface area contributed by atoms with E-state index in [2.05, 4.69) is 23.8 Å². The van der Waals surface area contributed by atoms with Crippen LogP contribution in [0.2, 0.25) is 0 Å². The highest BCUT2D eigenvalue weighted by atomic mass is 16.5. The van der Waals surface area contributed by atoms with Crippen LogP contribution < -0.4 is 9.47 Å². The van der Waals surface area contributed by atoms with Crippen molar-refractivity contribution in [3.63, 3.8) is 0 Å². The third-order valence-corrected chi connectivity index (χ3v) is 3.27. The number of aromatic nitrogens is 2. The topological polar surface area (TPSA) is 44.2 Å². The first-order valence-corrected chi connectivity index (χ1v) is 7.63. The molecule has 2 aromatic carbocycles. The summed E-state index contributed by atoms with van der Waals surface area (Å²) in [5.41, 5.74) is 3.40. The molecule has 0 aliphatic heterocycles. The van der Waals surface area contributed by atoms with E-state index in [1.807, 2.05) is 43.3 Å². The van der Waals surface area contributed by atoms with Crippen LogP contribution >= 0.6 is 0 Å². The maximum absolute atomic E-state index is 5.76. The Morgan fingerprint density at radius 1 is 0.818 bits per heavy atom. The summed E-state index contributed by atoms with van der Waals surface area (Å²) in [7, 11) is 0. The van der Waals surface area contributed by atoms with Gasteiger partial charge in [0.1, 0.15) is 11.5 Å². The summed E-state index contributed by atoms with van der Waals surface area (Å²) in [5, 5.41) is 0. The van der Waals surface area contributed by atoms with E-state index >= 15 is 0 Å². The van der Waals surface area contributed by atoms with Crippen molar-refractivity contribution in [3.8, 4) is 11.5 Å². The largest absolute Gasteiger partial charge is 0.494 e. The van der Waals surface area contributed by atoms with Crippen LogP contribution in [-0.4, -0.2) is 23.2 Å². The summed E-state index contributed by atoms with van der Waals surface area (Å²) in [6.07, 6.45) is 0. The van der Waals surface area contributed by atoms with E-state index in [1.54, 1.807) is 0 Å². The van der Waals surface area contributed by atoms with Gasteiger partial charge in [-0.3, -0.25) is 0 Å². The van der Waals surface area contributed by atoms with Crippen molar-refractivity contribution < 1.29 is 9.47 Å². The van der Waals surface area contributed by atoms with Crippen LogP contribution in [0.15, 0.2) is 36.4 Å². The lowest BCUT2D eigenvalue weighted by atomic mass is 10.2. The smallest absolute Gasteiger partial charge is 0.121 e. The predicted molar refractivity (Wildman–Crippen MR) is 88.5 cm³/mol. The molecule has 0 bridgehead atoms. The fraction of sp³-hybridized carbons (Fsp3) is 0.333. The summed E-state index contributed by atoms with van der Waals surface area (Å²) in [6, 6.07) is 11.6. The molecular weight excluding hydrogens is 276 g/mol. The molecule has 3 rings (SSSR count). The maximum atomic E-state index is 5.76. The molecule has 1 aromatic heterocycles. The minimum absolute atomic E-state index is 0.493. The van der Waals surface area contributed by atoms with Crippen LogP contribution in [0, 0.1) is 5.92 Å². The Bertz CT molecular complexity index is 800. The lowest BCUT2D eigenvalue weighted by molar-refractivity contribution is 0.271. The van der Waals surface area contributed by atoms with Crippen molar-refractivity contribution in [2.75, 3.05) is 13.2 Å². The SMILES string of the molecule is CCOc1ccc2nc3ccc(OCC(C)C)cc3nc2c1. The van der Waals surface area contributed by atoms with Crippen LogP contribution in [-0.2, 0) is 0 Å². The number of benzene rings is 2. The second-order valence-corrected chi connectivity index (χ2v) is 5.66. The summed E-state index contributed by atoms with van der Waals surface area (Å²) in [6.45, 7) is 7.56. The van der Waals surface area contributed by atoms with Crippen molar-refractivity contribution in [1.82, 2.24) is 9.97 Å². The summed E-state index contributed by atoms with van der Waals surface area (Å²) < 4.78 is 11.3. The van der Waals surface area contributed by atoms with Gasteiger partial charge in [-0.25, -0.2) is 9.97 Å². The van der Waals surface area contributed by atoms with Gasteiger partial charge in [-0.1, -0.05) is 13.8 Å². The molecule has 4 heteroatoms. The van der Waals surface area contributed by atoms with E-state index in [4.69, 9.17) is 9.47 Å². The second kappa shape index (κ2) is 6.18. The molecule has 0 aliphatic carbocycles. The molecule has 0 radical (unpaired) electrons. The monoisotopic (exact) mass is 296 g/mol. The normalized spacial score (nSPS) is 11.3. The Balaban J connectivity index is 2.00. The van der Waals surface area contributed by atoms with Crippen LogP contribution in [0.4, 0.5) is 0 Å². The van der Waals surface area contributed by atoms with Gasteiger partial charge in [0.15, 0.2) is 0 Å². The zero-order chi connectivity index (χ0) is 15.5. The van der Waals surface area contributed by atoms with Crippen molar-refractivity contribution in [2.45, 2.75) is 20.8 Å². The molecule has 3 aromatic rings. The second-order valence-electron chi connectivity index (χ2n) is 5.66. The van der Waals surface area contributed by atoms with Gasteiger partial charge >= 0.3 is 0 Å². The highest BCUT2D eigenvalue weighted by Gasteiger charge is 2.05. The molecule has 1 heterocycles. The summed E-state index contributed by atoms with van der Waals surface area (Å²) in [5.74, 6) is 2.14. The summed E-state index contributed by atoms with van der Waals surface area (Å²) >= 11 is 0. The van der Waals surface area contributed by atoms with E-state index in [0.717, 1.165) is 33.6 Å². The van der Waals surface area contributed by atoms with E-state index in [-0.39, 0.29) is 0 Å². The van der Waals surface area contributed by atoms with E-state index < -0.39 is 0 Å². The number of ether oxygens (including phenoxy) is 2. The third kappa shape index (κ3) is 3.11. The highest BCUT2D eigenvalue weighted by Crippen LogP contribution is 2.24. The van der Waals surface area contributed by atoms with Crippen LogP contribution in [0.5, 0.6) is 11.5 Å². The zero-order valence-corrected chi connectivity index (χ0v) is 13.2. The Morgan fingerprint density at radius 2 is 1.36 bits per heavy atom. The van der Waals surface area contributed by atoms with Gasteiger partial charge in [-0.05, 0) is 37.1 Å². The Labute approximate surface area is 130 Å². The Hall–Kier alpha value is -2.36. The van der Waals surface area contributed by atoms with Gasteiger partial charge in [-0.2, -0.15) is 0 Å². The number of rotatable bonds is 5. The zero-order valence-electron chi connectivity index (χ0n) is 13.2. The molecule has 0 aliphatic rings. The van der Waals surface area contributed by atoms with E-state index in [9.17, 15) is 0 Å². The predicted octanol–water partition coefficient (Wildman–Crippen LogP) is 4.22. The quantitative estimate of drug-likeness (QED) is 0.661. The van der Waals surface area contributed by atoms with Gasteiger partial charge in [-0.15, -0.1) is 0 Å². The average molecular weight is 296 g/mol. The van der Waals surface area contributed by atoms with Crippen molar-refractivity contribution in [2.24, 2.45) is 5.92 Å². The molecule has 0 amide bonds. The molecule has 0 unspecified atom stereocenters. The van der Waals surface area contributed by atoms with Crippen LogP contribution in [0.3, 0.4) is 0 Å². The van der Waals surface area contributed by atoms with Gasteiger partial charge in [0.05, 0.1) is 35.3 Å². The number of hydrogen-bond donors (Lipinski definition) is 0. The number of fused-ring (bicyclic) bond motifs is 2. The minimum Gasteiger partial charge on any atom is -0.494 e. The minimum atomic E-state index is 0.493. The van der Waals surface area contributed by atoms with Crippen LogP contribution in [0.25, 0.3) is 22.1 Å². The molecule has 114 valence electrons. The first-order chi connectivity index (χ1) is 10.7. The number of nitrogens with zero attached hydrogens (tertiary/aromatic N) is 2. The third-order valence-electron chi connectivity index (χ3n) is 3.27. The molecule has 0 spiro atoms. The molecule has 0 saturated heterocycles. The Morgan fingerprint density at radius 3 is 1.91 bits per heavy atom. The fourth-order valence-electron chi connectivity index (χ4n) is 2.24. The molecule has 0 saturated carbocycles. The van der Waals surface area contributed by atoms with Gasteiger partial charge < -0.3 is 9.47 Å². The van der Waals surface area contributed by atoms with Gasteiger partial charge in [0.25, 0.3) is 0 Å². The lowest BCUT2D eigenvalue weighted by Gasteiger charge is -2.09. The molecule has 0 N–H and O–H groups in total. The van der Waals surface area contributed by atoms with E-state index in [0.29, 0.717) is 19.1 Å². The van der Waals surface area contributed by atoms with Crippen molar-refractivity contribution in [3.05, 3.63) is 36.4 Å².